The summed E-state index contributed by atoms with van der Waals surface area (Å²) in [6.45, 7) is 0.571. The fraction of sp³-hybridized carbons (Fsp3) is 0.333. The van der Waals surface area contributed by atoms with Crippen molar-refractivity contribution in [3.05, 3.63) is 42.5 Å². The van der Waals surface area contributed by atoms with Gasteiger partial charge in [-0.25, -0.2) is 13.4 Å². The quantitative estimate of drug-likeness (QED) is 0.539. The lowest BCUT2D eigenvalue weighted by atomic mass is 9.98. The molecule has 0 spiro atoms. The number of carbonyl (C=O) groups is 1. The summed E-state index contributed by atoms with van der Waals surface area (Å²) in [6.07, 6.45) is 3.27. The van der Waals surface area contributed by atoms with Gasteiger partial charge in [0, 0.05) is 18.8 Å². The Balaban J connectivity index is 1.46. The number of hydrogen-bond donors (Lipinski definition) is 1. The molecule has 3 aromatic rings. The van der Waals surface area contributed by atoms with Crippen LogP contribution >= 0.6 is 23.1 Å². The number of aromatic nitrogens is 1. The Morgan fingerprint density at radius 3 is 2.74 bits per heavy atom. The van der Waals surface area contributed by atoms with E-state index >= 15 is 0 Å². The van der Waals surface area contributed by atoms with Crippen LogP contribution in [0.25, 0.3) is 10.2 Å². The lowest BCUT2D eigenvalue weighted by Gasteiger charge is -2.31. The highest BCUT2D eigenvalue weighted by Gasteiger charge is 2.33. The van der Waals surface area contributed by atoms with E-state index in [1.807, 2.05) is 24.5 Å². The van der Waals surface area contributed by atoms with Gasteiger partial charge in [0.05, 0.1) is 28.1 Å². The summed E-state index contributed by atoms with van der Waals surface area (Å²) in [4.78, 5) is 17.6. The van der Waals surface area contributed by atoms with Crippen LogP contribution < -0.4 is 10.1 Å². The Morgan fingerprint density at radius 2 is 2.03 bits per heavy atom. The van der Waals surface area contributed by atoms with Crippen molar-refractivity contribution >= 4 is 54.9 Å². The molecule has 2 aromatic carbocycles. The van der Waals surface area contributed by atoms with Gasteiger partial charge >= 0.3 is 0 Å². The van der Waals surface area contributed by atoms with Gasteiger partial charge in [-0.1, -0.05) is 11.8 Å². The number of thioether (sulfide) groups is 1. The molecule has 10 heteroatoms. The fourth-order valence-corrected chi connectivity index (χ4v) is 6.64. The average Bonchev–Trinajstić information content (AvgIpc) is 3.21. The van der Waals surface area contributed by atoms with E-state index in [1.165, 1.54) is 23.5 Å². The number of carbonyl (C=O) groups excluding carboxylic acids is 1. The molecule has 31 heavy (non-hydrogen) atoms. The third-order valence-electron chi connectivity index (χ3n) is 5.26. The van der Waals surface area contributed by atoms with Gasteiger partial charge in [0.25, 0.3) is 0 Å². The maximum absolute atomic E-state index is 13.0. The number of nitrogens with one attached hydrogen (secondary N) is 1. The maximum atomic E-state index is 13.0. The zero-order valence-electron chi connectivity index (χ0n) is 17.2. The summed E-state index contributed by atoms with van der Waals surface area (Å²) in [6, 6.07) is 12.0. The van der Waals surface area contributed by atoms with Gasteiger partial charge in [0.2, 0.25) is 15.9 Å². The SMILES string of the molecule is COc1ccc(S(=O)(=O)N2CCCC(C(=O)Nc3ccc4nc(SC)sc4c3)C2)cc1. The summed E-state index contributed by atoms with van der Waals surface area (Å²) in [5, 5.41) is 2.95. The topological polar surface area (TPSA) is 88.6 Å². The Morgan fingerprint density at radius 1 is 1.26 bits per heavy atom. The van der Waals surface area contributed by atoms with E-state index in [9.17, 15) is 13.2 Å². The Kier molecular flexibility index (Phi) is 6.52. The second-order valence-electron chi connectivity index (χ2n) is 7.23. The van der Waals surface area contributed by atoms with Gasteiger partial charge in [-0.15, -0.1) is 11.3 Å². The predicted molar refractivity (Wildman–Crippen MR) is 125 cm³/mol. The van der Waals surface area contributed by atoms with Gasteiger partial charge in [-0.05, 0) is 61.6 Å². The van der Waals surface area contributed by atoms with Crippen LogP contribution in [0.15, 0.2) is 51.7 Å². The third kappa shape index (κ3) is 4.72. The second kappa shape index (κ2) is 9.15. The van der Waals surface area contributed by atoms with Crippen LogP contribution in [0.2, 0.25) is 0 Å². The maximum Gasteiger partial charge on any atom is 0.243 e. The van der Waals surface area contributed by atoms with Gasteiger partial charge in [-0.3, -0.25) is 4.79 Å². The van der Waals surface area contributed by atoms with Gasteiger partial charge in [0.1, 0.15) is 5.75 Å². The molecule has 0 bridgehead atoms. The van der Waals surface area contributed by atoms with Gasteiger partial charge in [0.15, 0.2) is 4.34 Å². The molecule has 1 aliphatic rings. The molecule has 7 nitrogen and oxygen atoms in total. The zero-order chi connectivity index (χ0) is 22.0. The van der Waals surface area contributed by atoms with Crippen molar-refractivity contribution in [3.8, 4) is 5.75 Å². The molecule has 1 N–H and O–H groups in total. The van der Waals surface area contributed by atoms with Crippen LogP contribution in [0, 0.1) is 5.92 Å². The van der Waals surface area contributed by atoms with Crippen molar-refractivity contribution in [3.63, 3.8) is 0 Å². The summed E-state index contributed by atoms with van der Waals surface area (Å²) in [5.74, 6) is 0.0293. The highest BCUT2D eigenvalue weighted by molar-refractivity contribution is 8.00. The van der Waals surface area contributed by atoms with Gasteiger partial charge < -0.3 is 10.1 Å². The smallest absolute Gasteiger partial charge is 0.243 e. The van der Waals surface area contributed by atoms with E-state index < -0.39 is 15.9 Å². The van der Waals surface area contributed by atoms with E-state index in [2.05, 4.69) is 10.3 Å². The monoisotopic (exact) mass is 477 g/mol. The first kappa shape index (κ1) is 22.1. The first-order chi connectivity index (χ1) is 14.9. The summed E-state index contributed by atoms with van der Waals surface area (Å²) < 4.78 is 34.6. The number of hydrogen-bond acceptors (Lipinski definition) is 7. The normalized spacial score (nSPS) is 17.5. The summed E-state index contributed by atoms with van der Waals surface area (Å²) >= 11 is 3.17. The number of amides is 1. The van der Waals surface area contributed by atoms with Crippen LogP contribution in [0.3, 0.4) is 0 Å². The third-order valence-corrected chi connectivity index (χ3v) is 9.15. The molecule has 1 saturated heterocycles. The van der Waals surface area contributed by atoms with Crippen molar-refractivity contribution in [2.75, 3.05) is 31.8 Å². The molecular formula is C21H23N3O4S3. The minimum Gasteiger partial charge on any atom is -0.497 e. The molecule has 2 heterocycles. The predicted octanol–water partition coefficient (Wildman–Crippen LogP) is 4.07. The highest BCUT2D eigenvalue weighted by Crippen LogP contribution is 2.31. The fourth-order valence-electron chi connectivity index (χ4n) is 3.58. The van der Waals surface area contributed by atoms with E-state index in [-0.39, 0.29) is 17.3 Å². The minimum absolute atomic E-state index is 0.163. The summed E-state index contributed by atoms with van der Waals surface area (Å²) in [5.41, 5.74) is 1.60. The molecule has 1 amide bonds. The number of nitrogens with zero attached hydrogens (tertiary/aromatic N) is 2. The molecule has 0 saturated carbocycles. The number of ether oxygens (including phenoxy) is 1. The number of anilines is 1. The van der Waals surface area contributed by atoms with Gasteiger partial charge in [-0.2, -0.15) is 4.31 Å². The Hall–Kier alpha value is -2.14. The van der Waals surface area contributed by atoms with Crippen LogP contribution in [-0.4, -0.2) is 50.1 Å². The number of fused-ring (bicyclic) bond motifs is 1. The molecule has 4 rings (SSSR count). The van der Waals surface area contributed by atoms with E-state index in [1.54, 1.807) is 35.2 Å². The van der Waals surface area contributed by atoms with Crippen molar-refractivity contribution in [1.29, 1.82) is 0 Å². The first-order valence-corrected chi connectivity index (χ1v) is 13.3. The van der Waals surface area contributed by atoms with E-state index in [4.69, 9.17) is 4.74 Å². The molecule has 1 fully saturated rings. The Bertz CT molecular complexity index is 1190. The second-order valence-corrected chi connectivity index (χ2v) is 11.3. The molecule has 1 aliphatic heterocycles. The molecule has 0 aliphatic carbocycles. The standard InChI is InChI=1S/C21H23N3O4S3/c1-28-16-6-8-17(9-7-16)31(26,27)24-11-3-4-14(13-24)20(25)22-15-5-10-18-19(12-15)30-21(23-18)29-2/h5-10,12,14H,3-4,11,13H2,1-2H3,(H,22,25). The zero-order valence-corrected chi connectivity index (χ0v) is 19.6. The largest absolute Gasteiger partial charge is 0.497 e. The number of sulfonamides is 1. The summed E-state index contributed by atoms with van der Waals surface area (Å²) in [7, 11) is -2.13. The molecule has 1 aromatic heterocycles. The highest BCUT2D eigenvalue weighted by atomic mass is 32.2. The molecule has 1 atom stereocenters. The molecular weight excluding hydrogens is 454 g/mol. The van der Waals surface area contributed by atoms with E-state index in [0.717, 1.165) is 14.6 Å². The lowest BCUT2D eigenvalue weighted by Crippen LogP contribution is -2.43. The average molecular weight is 478 g/mol. The number of thiazole rings is 1. The number of piperidine rings is 1. The van der Waals surface area contributed by atoms with Crippen molar-refractivity contribution in [1.82, 2.24) is 9.29 Å². The first-order valence-electron chi connectivity index (χ1n) is 9.80. The van der Waals surface area contributed by atoms with Crippen LogP contribution in [0.5, 0.6) is 5.75 Å². The van der Waals surface area contributed by atoms with Crippen LogP contribution in [0.4, 0.5) is 5.69 Å². The number of rotatable bonds is 6. The Labute approximate surface area is 189 Å². The van der Waals surface area contributed by atoms with E-state index in [0.29, 0.717) is 30.8 Å². The van der Waals surface area contributed by atoms with Crippen LogP contribution in [-0.2, 0) is 14.8 Å². The minimum atomic E-state index is -3.67. The lowest BCUT2D eigenvalue weighted by molar-refractivity contribution is -0.120. The number of methoxy groups -OCH3 is 1. The van der Waals surface area contributed by atoms with Crippen LogP contribution in [0.1, 0.15) is 12.8 Å². The van der Waals surface area contributed by atoms with Crippen molar-refractivity contribution < 1.29 is 17.9 Å². The van der Waals surface area contributed by atoms with Crippen molar-refractivity contribution in [2.45, 2.75) is 22.1 Å². The molecule has 1 unspecified atom stereocenters. The molecule has 164 valence electrons. The number of benzene rings is 2. The molecule has 0 radical (unpaired) electrons. The van der Waals surface area contributed by atoms with Crippen molar-refractivity contribution in [2.24, 2.45) is 5.92 Å².